The zero-order valence-corrected chi connectivity index (χ0v) is 21.3. The van der Waals surface area contributed by atoms with E-state index in [0.717, 1.165) is 0 Å². The average Bonchev–Trinajstić information content (AvgIpc) is 2.41. The van der Waals surface area contributed by atoms with Gasteiger partial charge >= 0.3 is 0 Å². The monoisotopic (exact) mass is 496 g/mol. The van der Waals surface area contributed by atoms with E-state index in [1.54, 1.807) is 0 Å². The SMILES string of the molecule is CCCP(CCC)CCC.CCCP(CCC)CCC.[Cl-].[Cl-].[Pd]. The van der Waals surface area contributed by atoms with Gasteiger partial charge in [0.05, 0.1) is 0 Å². The van der Waals surface area contributed by atoms with Crippen LogP contribution in [-0.2, 0) is 20.4 Å². The maximum absolute atomic E-state index is 2.31. The van der Waals surface area contributed by atoms with Gasteiger partial charge in [0, 0.05) is 20.4 Å². The van der Waals surface area contributed by atoms with Crippen LogP contribution in [0, 0.1) is 0 Å². The predicted molar refractivity (Wildman–Crippen MR) is 105 cm³/mol. The third kappa shape index (κ3) is 29.1. The second kappa shape index (κ2) is 31.8. The maximum Gasteiger partial charge on any atom is 0 e. The van der Waals surface area contributed by atoms with E-state index >= 15 is 0 Å². The van der Waals surface area contributed by atoms with Crippen LogP contribution in [0.2, 0.25) is 0 Å². The fourth-order valence-corrected chi connectivity index (χ4v) is 7.70. The van der Waals surface area contributed by atoms with E-state index in [1.807, 2.05) is 0 Å². The maximum atomic E-state index is 2.31. The van der Waals surface area contributed by atoms with Gasteiger partial charge in [-0.15, -0.1) is 15.8 Å². The first-order valence-electron chi connectivity index (χ1n) is 9.14. The Morgan fingerprint density at radius 1 is 0.391 bits per heavy atom. The number of rotatable bonds is 12. The van der Waals surface area contributed by atoms with Crippen LogP contribution in [-0.4, -0.2) is 37.0 Å². The zero-order chi connectivity index (χ0) is 15.6. The normalized spacial score (nSPS) is 9.39. The van der Waals surface area contributed by atoms with Crippen LogP contribution in [0.25, 0.3) is 0 Å². The summed E-state index contributed by atoms with van der Waals surface area (Å²) in [5.41, 5.74) is 0. The summed E-state index contributed by atoms with van der Waals surface area (Å²) >= 11 is 0. The van der Waals surface area contributed by atoms with Crippen molar-refractivity contribution < 1.29 is 45.2 Å². The van der Waals surface area contributed by atoms with Crippen LogP contribution < -0.4 is 24.8 Å². The molecule has 0 saturated carbocycles. The van der Waals surface area contributed by atoms with Gasteiger partial charge in [0.25, 0.3) is 0 Å². The first kappa shape index (κ1) is 36.1. The first-order valence-corrected chi connectivity index (χ1v) is 12.9. The predicted octanol–water partition coefficient (Wildman–Crippen LogP) is 1.40. The van der Waals surface area contributed by atoms with Crippen LogP contribution in [0.15, 0.2) is 0 Å². The molecule has 0 aromatic heterocycles. The van der Waals surface area contributed by atoms with Gasteiger partial charge in [0.1, 0.15) is 0 Å². The second-order valence-corrected chi connectivity index (χ2v) is 11.0. The Labute approximate surface area is 177 Å². The zero-order valence-electron chi connectivity index (χ0n) is 16.5. The van der Waals surface area contributed by atoms with Crippen molar-refractivity contribution >= 4 is 15.8 Å². The van der Waals surface area contributed by atoms with E-state index in [2.05, 4.69) is 41.5 Å². The minimum atomic E-state index is 0. The third-order valence-electron chi connectivity index (χ3n) is 3.24. The summed E-state index contributed by atoms with van der Waals surface area (Å²) in [4.78, 5) is 0. The van der Waals surface area contributed by atoms with Crippen molar-refractivity contribution in [1.29, 1.82) is 0 Å². The summed E-state index contributed by atoms with van der Waals surface area (Å²) in [7, 11) is 0.878. The molecule has 5 heteroatoms. The molecule has 0 bridgehead atoms. The van der Waals surface area contributed by atoms with Crippen LogP contribution >= 0.6 is 15.8 Å². The number of hydrogen-bond donors (Lipinski definition) is 0. The van der Waals surface area contributed by atoms with Crippen LogP contribution in [0.4, 0.5) is 0 Å². The standard InChI is InChI=1S/2C9H21P.2ClH.Pd/c2*1-4-7-10(8-5-2)9-6-3;;;/h2*4-9H2,1-3H3;2*1H;/p-2. The fourth-order valence-electron chi connectivity index (χ4n) is 2.57. The molecular weight excluding hydrogens is 455 g/mol. The fraction of sp³-hybridized carbons (Fsp3) is 1.00. The Hall–Kier alpha value is 2.10. The van der Waals surface area contributed by atoms with Crippen molar-refractivity contribution in [3.8, 4) is 0 Å². The Bertz CT molecular complexity index is 129. The minimum absolute atomic E-state index is 0. The van der Waals surface area contributed by atoms with Gasteiger partial charge in [-0.05, 0) is 37.0 Å². The molecule has 0 heterocycles. The quantitative estimate of drug-likeness (QED) is 0.283. The molecule has 0 N–H and O–H groups in total. The first-order chi connectivity index (χ1) is 9.69. The summed E-state index contributed by atoms with van der Waals surface area (Å²) < 4.78 is 0. The van der Waals surface area contributed by atoms with E-state index in [4.69, 9.17) is 0 Å². The van der Waals surface area contributed by atoms with E-state index in [-0.39, 0.29) is 45.2 Å². The van der Waals surface area contributed by atoms with Crippen molar-refractivity contribution in [2.45, 2.75) is 80.1 Å². The van der Waals surface area contributed by atoms with Crippen LogP contribution in [0.3, 0.4) is 0 Å². The Balaban J connectivity index is -0.0000000831. The Morgan fingerprint density at radius 3 is 0.609 bits per heavy atom. The molecule has 0 atom stereocenters. The van der Waals surface area contributed by atoms with Gasteiger partial charge in [0.2, 0.25) is 0 Å². The second-order valence-electron chi connectivity index (χ2n) is 5.68. The van der Waals surface area contributed by atoms with Crippen molar-refractivity contribution in [2.24, 2.45) is 0 Å². The van der Waals surface area contributed by atoms with E-state index in [9.17, 15) is 0 Å². The summed E-state index contributed by atoms with van der Waals surface area (Å²) in [5, 5.41) is 0. The Kier molecular flexibility index (Phi) is 49.9. The van der Waals surface area contributed by atoms with Gasteiger partial charge in [-0.1, -0.05) is 80.1 Å². The van der Waals surface area contributed by atoms with E-state index < -0.39 is 0 Å². The summed E-state index contributed by atoms with van der Waals surface area (Å²) in [6.07, 6.45) is 17.4. The molecule has 0 rings (SSSR count). The molecule has 0 aliphatic rings. The van der Waals surface area contributed by atoms with Gasteiger partial charge in [-0.2, -0.15) is 0 Å². The van der Waals surface area contributed by atoms with Gasteiger partial charge in [-0.25, -0.2) is 0 Å². The van der Waals surface area contributed by atoms with Crippen molar-refractivity contribution in [3.05, 3.63) is 0 Å². The van der Waals surface area contributed by atoms with E-state index in [1.165, 1.54) is 75.5 Å². The van der Waals surface area contributed by atoms with Crippen LogP contribution in [0.1, 0.15) is 80.1 Å². The molecule has 0 radical (unpaired) electrons. The molecule has 0 unspecified atom stereocenters. The molecule has 23 heavy (non-hydrogen) atoms. The topological polar surface area (TPSA) is 0 Å². The minimum Gasteiger partial charge on any atom is -1.00 e. The van der Waals surface area contributed by atoms with Crippen molar-refractivity contribution in [1.82, 2.24) is 0 Å². The molecule has 0 spiro atoms. The van der Waals surface area contributed by atoms with Gasteiger partial charge in [-0.3, -0.25) is 0 Å². The molecule has 0 aromatic rings. The molecule has 150 valence electrons. The molecule has 0 saturated heterocycles. The van der Waals surface area contributed by atoms with Crippen molar-refractivity contribution in [2.75, 3.05) is 37.0 Å². The van der Waals surface area contributed by atoms with Crippen molar-refractivity contribution in [3.63, 3.8) is 0 Å². The van der Waals surface area contributed by atoms with Gasteiger partial charge in [0.15, 0.2) is 0 Å². The van der Waals surface area contributed by atoms with E-state index in [0.29, 0.717) is 15.8 Å². The molecule has 0 nitrogen and oxygen atoms in total. The number of halogens is 2. The summed E-state index contributed by atoms with van der Waals surface area (Å²) in [6, 6.07) is 0. The average molecular weight is 498 g/mol. The summed E-state index contributed by atoms with van der Waals surface area (Å²) in [5.74, 6) is 0. The number of hydrogen-bond acceptors (Lipinski definition) is 0. The molecule has 0 aliphatic heterocycles. The molecule has 0 amide bonds. The third-order valence-corrected chi connectivity index (χ3v) is 9.72. The summed E-state index contributed by atoms with van der Waals surface area (Å²) in [6.45, 7) is 13.8. The van der Waals surface area contributed by atoms with Crippen LogP contribution in [0.5, 0.6) is 0 Å². The molecule has 0 aliphatic carbocycles. The molecule has 0 fully saturated rings. The molecular formula is C18H42Cl2P2Pd-2. The largest absolute Gasteiger partial charge is 1.00 e. The Morgan fingerprint density at radius 2 is 0.522 bits per heavy atom. The van der Waals surface area contributed by atoms with Gasteiger partial charge < -0.3 is 24.8 Å². The molecule has 0 aromatic carbocycles. The smallest absolute Gasteiger partial charge is 0 e.